The van der Waals surface area contributed by atoms with Crippen LogP contribution in [0, 0.1) is 0 Å². The van der Waals surface area contributed by atoms with Gasteiger partial charge in [-0.3, -0.25) is 9.59 Å². The van der Waals surface area contributed by atoms with Gasteiger partial charge in [0.2, 0.25) is 5.91 Å². The fourth-order valence-corrected chi connectivity index (χ4v) is 8.01. The number of primary amides is 1. The van der Waals surface area contributed by atoms with Gasteiger partial charge >= 0.3 is 0 Å². The first-order valence-corrected chi connectivity index (χ1v) is 21.3. The molecule has 5 aromatic rings. The number of benzene rings is 4. The third kappa shape index (κ3) is 13.1. The average Bonchev–Trinajstić information content (AvgIpc) is 3.74. The quantitative estimate of drug-likeness (QED) is 0.108. The van der Waals surface area contributed by atoms with Crippen LogP contribution in [0.5, 0.6) is 34.5 Å². The van der Waals surface area contributed by atoms with Gasteiger partial charge in [-0.25, -0.2) is 0 Å². The second-order valence-electron chi connectivity index (χ2n) is 15.4. The fourth-order valence-electron chi connectivity index (χ4n) is 8.01. The van der Waals surface area contributed by atoms with Gasteiger partial charge in [0.25, 0.3) is 0 Å². The van der Waals surface area contributed by atoms with Crippen LogP contribution in [-0.4, -0.2) is 115 Å². The van der Waals surface area contributed by atoms with E-state index in [-0.39, 0.29) is 5.91 Å². The van der Waals surface area contributed by atoms with E-state index in [0.29, 0.717) is 36.8 Å². The van der Waals surface area contributed by atoms with Crippen molar-refractivity contribution in [2.24, 2.45) is 11.5 Å². The predicted molar refractivity (Wildman–Crippen MR) is 245 cm³/mol. The molecule has 2 aliphatic heterocycles. The molecule has 13 nitrogen and oxygen atoms in total. The second-order valence-corrected chi connectivity index (χ2v) is 15.4. The van der Waals surface area contributed by atoms with E-state index in [2.05, 4.69) is 32.7 Å². The molecule has 7 rings (SSSR count). The molecule has 0 radical (unpaired) electrons. The van der Waals surface area contributed by atoms with Gasteiger partial charge < -0.3 is 54.3 Å². The highest BCUT2D eigenvalue weighted by atomic mass is 16.5. The third-order valence-corrected chi connectivity index (χ3v) is 11.6. The maximum atomic E-state index is 11.6. The Hall–Kier alpha value is -5.76. The van der Waals surface area contributed by atoms with Crippen LogP contribution in [0.15, 0.2) is 85.1 Å². The van der Waals surface area contributed by atoms with E-state index >= 15 is 0 Å². The average molecular weight is 852 g/mol. The molecule has 0 aliphatic carbocycles. The van der Waals surface area contributed by atoms with Crippen LogP contribution in [0.3, 0.4) is 0 Å². The molecular formula is C49H65N5O8. The number of likely N-dealkylation sites (tertiary alicyclic amines) is 2. The number of amides is 1. The molecule has 62 heavy (non-hydrogen) atoms. The molecule has 1 amide bonds. The molecule has 2 saturated heterocycles. The smallest absolute Gasteiger partial charge is 0.248 e. The van der Waals surface area contributed by atoms with E-state index < -0.39 is 0 Å². The van der Waals surface area contributed by atoms with Gasteiger partial charge in [0.05, 0.1) is 42.7 Å². The number of ketones is 1. The number of hydrogen-bond acceptors (Lipinski definition) is 11. The SMILES string of the molecule is COc1ccc(OC)c(CCN)c1.COc1ccc(OC)c(CCN2CCC(=O)CC2)c1.COc1ccc(OC)c(CCN2CCC(n3ccc4ccc(C(N)=O)cc43)CC2)c1. The van der Waals surface area contributed by atoms with Crippen molar-refractivity contribution in [1.82, 2.24) is 14.4 Å². The van der Waals surface area contributed by atoms with E-state index in [1.165, 1.54) is 5.56 Å². The highest BCUT2D eigenvalue weighted by molar-refractivity contribution is 5.97. The Bertz CT molecular complexity index is 2190. The van der Waals surface area contributed by atoms with Crippen molar-refractivity contribution in [3.63, 3.8) is 0 Å². The number of nitrogens with two attached hydrogens (primary N) is 2. The van der Waals surface area contributed by atoms with E-state index in [0.717, 1.165) is 128 Å². The van der Waals surface area contributed by atoms with Gasteiger partial charge in [0.15, 0.2) is 0 Å². The minimum Gasteiger partial charge on any atom is -0.497 e. The highest BCUT2D eigenvalue weighted by Crippen LogP contribution is 2.30. The lowest BCUT2D eigenvalue weighted by atomic mass is 10.0. The molecule has 13 heteroatoms. The number of aromatic nitrogens is 1. The van der Waals surface area contributed by atoms with Crippen molar-refractivity contribution >= 4 is 22.6 Å². The zero-order chi connectivity index (χ0) is 44.4. The molecule has 4 N–H and O–H groups in total. The lowest BCUT2D eigenvalue weighted by Crippen LogP contribution is -2.35. The summed E-state index contributed by atoms with van der Waals surface area (Å²) in [5, 5.41) is 1.15. The summed E-state index contributed by atoms with van der Waals surface area (Å²) < 4.78 is 34.1. The first-order valence-electron chi connectivity index (χ1n) is 21.3. The predicted octanol–water partition coefficient (Wildman–Crippen LogP) is 6.75. The van der Waals surface area contributed by atoms with Crippen molar-refractivity contribution in [2.45, 2.75) is 51.0 Å². The molecule has 2 fully saturated rings. The Morgan fingerprint density at radius 3 is 1.50 bits per heavy atom. The monoisotopic (exact) mass is 851 g/mol. The lowest BCUT2D eigenvalue weighted by molar-refractivity contribution is -0.121. The van der Waals surface area contributed by atoms with E-state index in [4.69, 9.17) is 39.9 Å². The summed E-state index contributed by atoms with van der Waals surface area (Å²) in [7, 11) is 10.1. The summed E-state index contributed by atoms with van der Waals surface area (Å²) in [6, 6.07) is 25.8. The van der Waals surface area contributed by atoms with E-state index in [9.17, 15) is 9.59 Å². The fraction of sp³-hybridized carbons (Fsp3) is 0.429. The van der Waals surface area contributed by atoms with Crippen LogP contribution in [-0.2, 0) is 24.1 Å². The highest BCUT2D eigenvalue weighted by Gasteiger charge is 2.22. The van der Waals surface area contributed by atoms with Crippen LogP contribution < -0.4 is 39.9 Å². The summed E-state index contributed by atoms with van der Waals surface area (Å²) >= 11 is 0. The normalized spacial score (nSPS) is 14.5. The van der Waals surface area contributed by atoms with Crippen molar-refractivity contribution in [3.8, 4) is 34.5 Å². The Morgan fingerprint density at radius 1 is 0.597 bits per heavy atom. The molecule has 0 unspecified atom stereocenters. The number of hydrogen-bond donors (Lipinski definition) is 2. The van der Waals surface area contributed by atoms with Crippen molar-refractivity contribution in [2.75, 3.05) is 88.5 Å². The first-order chi connectivity index (χ1) is 30.1. The largest absolute Gasteiger partial charge is 0.497 e. The van der Waals surface area contributed by atoms with Gasteiger partial charge in [0, 0.05) is 75.4 Å². The van der Waals surface area contributed by atoms with Crippen LogP contribution in [0.4, 0.5) is 0 Å². The van der Waals surface area contributed by atoms with Crippen LogP contribution in [0.2, 0.25) is 0 Å². The van der Waals surface area contributed by atoms with Gasteiger partial charge in [-0.15, -0.1) is 0 Å². The number of carbonyl (C=O) groups is 2. The van der Waals surface area contributed by atoms with Gasteiger partial charge in [0.1, 0.15) is 40.3 Å². The van der Waals surface area contributed by atoms with Crippen LogP contribution in [0.25, 0.3) is 10.9 Å². The molecule has 1 aromatic heterocycles. The maximum absolute atomic E-state index is 11.6. The number of rotatable bonds is 16. The Morgan fingerprint density at radius 2 is 1.06 bits per heavy atom. The lowest BCUT2D eigenvalue weighted by Gasteiger charge is -2.33. The van der Waals surface area contributed by atoms with Crippen LogP contribution in [0.1, 0.15) is 58.8 Å². The van der Waals surface area contributed by atoms with Gasteiger partial charge in [-0.05, 0) is 134 Å². The molecule has 0 bridgehead atoms. The molecule has 334 valence electrons. The zero-order valence-electron chi connectivity index (χ0n) is 37.3. The zero-order valence-corrected chi connectivity index (χ0v) is 37.3. The Kier molecular flexibility index (Phi) is 18.3. The van der Waals surface area contributed by atoms with E-state index in [1.54, 1.807) is 48.7 Å². The molecule has 0 spiro atoms. The molecule has 3 heterocycles. The molecule has 4 aromatic carbocycles. The summed E-state index contributed by atoms with van der Waals surface area (Å²) in [4.78, 5) is 27.6. The van der Waals surface area contributed by atoms with Gasteiger partial charge in [-0.1, -0.05) is 6.07 Å². The Balaban J connectivity index is 0.000000194. The molecular weight excluding hydrogens is 787 g/mol. The number of Topliss-reactive ketones (excluding diaryl/α,β-unsaturated/α-hetero) is 1. The molecule has 0 atom stereocenters. The topological polar surface area (TPSA) is 153 Å². The number of carbonyl (C=O) groups excluding carboxylic acids is 2. The standard InChI is InChI=1S/C24H29N3O3.C15H21NO3.C10H15NO2/c1-29-21-5-6-23(30-2)18(15-21)7-11-26-12-9-20(10-13-26)27-14-8-17-3-4-19(24(25)28)16-22(17)27;1-18-14-3-4-15(19-2)12(11-14)5-8-16-9-6-13(17)7-10-16;1-12-9-3-4-10(13-2)8(7-9)5-6-11/h3-6,8,14-16,20H,7,9-13H2,1-2H3,(H2,25,28);3-4,11H,5-10H2,1-2H3;3-4,7H,5-6,11H2,1-2H3. The van der Waals surface area contributed by atoms with Crippen molar-refractivity contribution in [1.29, 1.82) is 0 Å². The molecule has 0 saturated carbocycles. The maximum Gasteiger partial charge on any atom is 0.248 e. The third-order valence-electron chi connectivity index (χ3n) is 11.6. The second kappa shape index (κ2) is 24.0. The summed E-state index contributed by atoms with van der Waals surface area (Å²) in [5.41, 5.74) is 16.0. The van der Waals surface area contributed by atoms with Crippen LogP contribution >= 0.6 is 0 Å². The number of nitrogens with zero attached hydrogens (tertiary/aromatic N) is 3. The molecule has 2 aliphatic rings. The summed E-state index contributed by atoms with van der Waals surface area (Å²) in [6.45, 7) is 6.42. The van der Waals surface area contributed by atoms with E-state index in [1.807, 2.05) is 60.7 Å². The van der Waals surface area contributed by atoms with Gasteiger partial charge in [-0.2, -0.15) is 0 Å². The number of piperidine rings is 2. The summed E-state index contributed by atoms with van der Waals surface area (Å²) in [5.74, 6) is 5.23. The minimum absolute atomic E-state index is 0.382. The number of methoxy groups -OCH3 is 6. The van der Waals surface area contributed by atoms with Crippen molar-refractivity contribution in [3.05, 3.63) is 107 Å². The van der Waals surface area contributed by atoms with Crippen molar-refractivity contribution < 1.29 is 38.0 Å². The Labute approximate surface area is 366 Å². The number of ether oxygens (including phenoxy) is 6. The first kappa shape index (κ1) is 47.3. The number of fused-ring (bicyclic) bond motifs is 1. The minimum atomic E-state index is -0.382. The summed E-state index contributed by atoms with van der Waals surface area (Å²) in [6.07, 6.45) is 8.33.